The van der Waals surface area contributed by atoms with Crippen molar-refractivity contribution in [3.8, 4) is 11.5 Å². The molecule has 1 amide bonds. The second kappa shape index (κ2) is 11.1. The van der Waals surface area contributed by atoms with Crippen LogP contribution in [0.2, 0.25) is 0 Å². The van der Waals surface area contributed by atoms with E-state index in [-0.39, 0.29) is 18.2 Å². The van der Waals surface area contributed by atoms with Crippen LogP contribution in [0.25, 0.3) is 0 Å². The third-order valence-corrected chi connectivity index (χ3v) is 3.37. The average molecular weight is 372 g/mol. The highest BCUT2D eigenvalue weighted by Gasteiger charge is 2.11. The van der Waals surface area contributed by atoms with Crippen LogP contribution < -0.4 is 20.1 Å². The molecule has 0 heterocycles. The molecule has 0 atom stereocenters. The van der Waals surface area contributed by atoms with E-state index in [4.69, 9.17) is 4.74 Å². The van der Waals surface area contributed by atoms with Crippen molar-refractivity contribution in [1.29, 1.82) is 0 Å². The van der Waals surface area contributed by atoms with Gasteiger partial charge in [-0.1, -0.05) is 0 Å². The summed E-state index contributed by atoms with van der Waals surface area (Å²) in [6, 6.07) is 4.56. The number of alkyl halides is 2. The first kappa shape index (κ1) is 21.5. The van der Waals surface area contributed by atoms with E-state index < -0.39 is 6.61 Å². The third kappa shape index (κ3) is 7.54. The fourth-order valence-electron chi connectivity index (χ4n) is 2.03. The molecule has 0 bridgehead atoms. The molecule has 7 nitrogen and oxygen atoms in total. The van der Waals surface area contributed by atoms with Crippen LogP contribution in [0.15, 0.2) is 23.2 Å². The number of rotatable bonds is 9. The quantitative estimate of drug-likeness (QED) is 0.511. The summed E-state index contributed by atoms with van der Waals surface area (Å²) in [6.07, 6.45) is 0.316. The topological polar surface area (TPSA) is 75.2 Å². The average Bonchev–Trinajstić information content (AvgIpc) is 2.59. The number of hydrogen-bond donors (Lipinski definition) is 2. The molecule has 26 heavy (non-hydrogen) atoms. The molecule has 0 saturated heterocycles. The number of nitrogens with one attached hydrogen (secondary N) is 2. The van der Waals surface area contributed by atoms with Crippen LogP contribution >= 0.6 is 0 Å². The van der Waals surface area contributed by atoms with Gasteiger partial charge in [0.25, 0.3) is 0 Å². The van der Waals surface area contributed by atoms with Crippen molar-refractivity contribution in [1.82, 2.24) is 15.5 Å². The number of hydrogen-bond acceptors (Lipinski definition) is 4. The maximum Gasteiger partial charge on any atom is 0.387 e. The van der Waals surface area contributed by atoms with Crippen LogP contribution in [0.1, 0.15) is 18.9 Å². The molecular formula is C17H26F2N4O3. The normalized spacial score (nSPS) is 11.3. The van der Waals surface area contributed by atoms with E-state index in [2.05, 4.69) is 20.4 Å². The van der Waals surface area contributed by atoms with E-state index in [1.54, 1.807) is 26.2 Å². The summed E-state index contributed by atoms with van der Waals surface area (Å²) in [5, 5.41) is 6.08. The summed E-state index contributed by atoms with van der Waals surface area (Å²) >= 11 is 0. The lowest BCUT2D eigenvalue weighted by atomic mass is 10.2. The Balaban J connectivity index is 2.82. The van der Waals surface area contributed by atoms with E-state index in [1.165, 1.54) is 18.1 Å². The van der Waals surface area contributed by atoms with Crippen LogP contribution in [0, 0.1) is 0 Å². The van der Waals surface area contributed by atoms with Gasteiger partial charge in [0.15, 0.2) is 5.96 Å². The Kier molecular flexibility index (Phi) is 9.18. The minimum Gasteiger partial charge on any atom is -0.497 e. The number of ether oxygens (including phenoxy) is 2. The van der Waals surface area contributed by atoms with E-state index in [0.717, 1.165) is 0 Å². The summed E-state index contributed by atoms with van der Waals surface area (Å²) in [4.78, 5) is 17.5. The minimum atomic E-state index is -2.92. The van der Waals surface area contributed by atoms with Gasteiger partial charge in [-0.25, -0.2) is 4.99 Å². The predicted octanol–water partition coefficient (Wildman–Crippen LogP) is 1.83. The zero-order valence-corrected chi connectivity index (χ0v) is 15.5. The van der Waals surface area contributed by atoms with Gasteiger partial charge >= 0.3 is 6.61 Å². The van der Waals surface area contributed by atoms with Gasteiger partial charge in [0, 0.05) is 39.2 Å². The van der Waals surface area contributed by atoms with Crippen LogP contribution in [0.5, 0.6) is 11.5 Å². The van der Waals surface area contributed by atoms with Gasteiger partial charge in [-0.2, -0.15) is 8.78 Å². The van der Waals surface area contributed by atoms with Gasteiger partial charge in [-0.05, 0) is 25.1 Å². The Morgan fingerprint density at radius 3 is 2.62 bits per heavy atom. The molecule has 0 aliphatic rings. The summed E-state index contributed by atoms with van der Waals surface area (Å²) in [7, 11) is 4.87. The Morgan fingerprint density at radius 1 is 1.31 bits per heavy atom. The van der Waals surface area contributed by atoms with Gasteiger partial charge in [0.05, 0.1) is 13.7 Å². The van der Waals surface area contributed by atoms with Crippen LogP contribution in [-0.4, -0.2) is 57.7 Å². The maximum atomic E-state index is 12.6. The summed E-state index contributed by atoms with van der Waals surface area (Å²) in [5.41, 5.74) is 0.464. The Hall–Kier alpha value is -2.58. The lowest BCUT2D eigenvalue weighted by Gasteiger charge is -2.14. The van der Waals surface area contributed by atoms with E-state index in [0.29, 0.717) is 36.8 Å². The molecule has 2 N–H and O–H groups in total. The van der Waals surface area contributed by atoms with Crippen LogP contribution in [0.4, 0.5) is 8.78 Å². The van der Waals surface area contributed by atoms with Crippen molar-refractivity contribution in [3.63, 3.8) is 0 Å². The maximum absolute atomic E-state index is 12.6. The number of carbonyl (C=O) groups is 1. The van der Waals surface area contributed by atoms with Gasteiger partial charge in [0.2, 0.25) is 5.91 Å². The molecule has 0 unspecified atom stereocenters. The number of nitrogens with zero attached hydrogens (tertiary/aromatic N) is 2. The highest BCUT2D eigenvalue weighted by Crippen LogP contribution is 2.26. The molecule has 146 valence electrons. The van der Waals surface area contributed by atoms with Crippen molar-refractivity contribution < 1.29 is 23.0 Å². The molecule has 0 spiro atoms. The smallest absolute Gasteiger partial charge is 0.387 e. The van der Waals surface area contributed by atoms with E-state index in [1.807, 2.05) is 6.92 Å². The van der Waals surface area contributed by atoms with Crippen molar-refractivity contribution in [2.45, 2.75) is 26.5 Å². The summed E-state index contributed by atoms with van der Waals surface area (Å²) < 4.78 is 34.8. The summed E-state index contributed by atoms with van der Waals surface area (Å²) in [5.74, 6) is 1.04. The number of aliphatic imine (C=N–C) groups is 1. The molecule has 0 radical (unpaired) electrons. The van der Waals surface area contributed by atoms with Gasteiger partial charge in [0.1, 0.15) is 11.5 Å². The Bertz CT molecular complexity index is 610. The molecule has 9 heteroatoms. The predicted molar refractivity (Wildman–Crippen MR) is 95.8 cm³/mol. The Labute approximate surface area is 152 Å². The van der Waals surface area contributed by atoms with Gasteiger partial charge in [-0.3, -0.25) is 4.79 Å². The van der Waals surface area contributed by atoms with Crippen LogP contribution in [-0.2, 0) is 11.3 Å². The first-order valence-corrected chi connectivity index (χ1v) is 8.21. The first-order chi connectivity index (χ1) is 12.4. The molecule has 1 aromatic rings. The molecule has 1 rings (SSSR count). The molecule has 1 aromatic carbocycles. The third-order valence-electron chi connectivity index (χ3n) is 3.37. The first-order valence-electron chi connectivity index (χ1n) is 8.21. The largest absolute Gasteiger partial charge is 0.497 e. The standard InChI is InChI=1S/C17H26F2N4O3/c1-5-20-17(21-9-8-15(24)23(2)3)22-11-12-10-13(25-4)6-7-14(12)26-16(18)19/h6-7,10,16H,5,8-9,11H2,1-4H3,(H2,20,21,22). The molecule has 0 aliphatic heterocycles. The number of methoxy groups -OCH3 is 1. The number of carbonyl (C=O) groups excluding carboxylic acids is 1. The zero-order valence-electron chi connectivity index (χ0n) is 15.5. The number of amides is 1. The summed E-state index contributed by atoms with van der Waals surface area (Å²) in [6.45, 7) is 0.109. The highest BCUT2D eigenvalue weighted by atomic mass is 19.3. The second-order valence-electron chi connectivity index (χ2n) is 5.51. The number of halogens is 2. The van der Waals surface area contributed by atoms with E-state index in [9.17, 15) is 13.6 Å². The lowest BCUT2D eigenvalue weighted by Crippen LogP contribution is -2.39. The fourth-order valence-corrected chi connectivity index (χ4v) is 2.03. The molecular weight excluding hydrogens is 346 g/mol. The van der Waals surface area contributed by atoms with Gasteiger partial charge in [-0.15, -0.1) is 0 Å². The highest BCUT2D eigenvalue weighted by molar-refractivity contribution is 5.81. The fraction of sp³-hybridized carbons (Fsp3) is 0.529. The second-order valence-corrected chi connectivity index (χ2v) is 5.51. The van der Waals surface area contributed by atoms with Crippen molar-refractivity contribution >= 4 is 11.9 Å². The monoisotopic (exact) mass is 372 g/mol. The van der Waals surface area contributed by atoms with Crippen molar-refractivity contribution in [2.24, 2.45) is 4.99 Å². The molecule has 0 aromatic heterocycles. The molecule has 0 aliphatic carbocycles. The van der Waals surface area contributed by atoms with Crippen molar-refractivity contribution in [2.75, 3.05) is 34.3 Å². The lowest BCUT2D eigenvalue weighted by molar-refractivity contribution is -0.128. The molecule has 0 saturated carbocycles. The Morgan fingerprint density at radius 2 is 2.04 bits per heavy atom. The molecule has 0 fully saturated rings. The van der Waals surface area contributed by atoms with Crippen LogP contribution in [0.3, 0.4) is 0 Å². The van der Waals surface area contributed by atoms with E-state index >= 15 is 0 Å². The van der Waals surface area contributed by atoms with Gasteiger partial charge < -0.3 is 25.0 Å². The number of guanidine groups is 1. The zero-order chi connectivity index (χ0) is 19.5. The SMILES string of the molecule is CCNC(=NCc1cc(OC)ccc1OC(F)F)NCCC(=O)N(C)C. The van der Waals surface area contributed by atoms with Crippen molar-refractivity contribution in [3.05, 3.63) is 23.8 Å². The minimum absolute atomic E-state index is 0.00577. The number of benzene rings is 1.